The van der Waals surface area contributed by atoms with Gasteiger partial charge in [0.2, 0.25) is 0 Å². The average Bonchev–Trinajstić information content (AvgIpc) is 2.49. The molecule has 0 aliphatic carbocycles. The zero-order chi connectivity index (χ0) is 17.1. The third-order valence-electron chi connectivity index (χ3n) is 3.03. The van der Waals surface area contributed by atoms with Crippen LogP contribution in [0.4, 0.5) is 8.78 Å². The molecule has 2 rings (SSSR count). The molecule has 5 nitrogen and oxygen atoms in total. The maximum absolute atomic E-state index is 13.6. The van der Waals surface area contributed by atoms with Gasteiger partial charge in [0, 0.05) is 11.6 Å². The molecule has 0 spiro atoms. The van der Waals surface area contributed by atoms with Crippen LogP contribution in [0.3, 0.4) is 0 Å². The highest BCUT2D eigenvalue weighted by Crippen LogP contribution is 2.19. The first-order valence-corrected chi connectivity index (χ1v) is 7.44. The van der Waals surface area contributed by atoms with E-state index in [1.165, 1.54) is 6.07 Å². The van der Waals surface area contributed by atoms with E-state index in [0.717, 1.165) is 6.07 Å². The van der Waals surface area contributed by atoms with Crippen LogP contribution < -0.4 is 10.4 Å². The van der Waals surface area contributed by atoms with Crippen LogP contribution in [-0.4, -0.2) is 9.71 Å². The average molecular weight is 384 g/mol. The summed E-state index contributed by atoms with van der Waals surface area (Å²) >= 11 is 3.14. The monoisotopic (exact) mass is 383 g/mol. The molecule has 0 unspecified atom stereocenters. The Morgan fingerprint density at radius 1 is 1.43 bits per heavy atom. The summed E-state index contributed by atoms with van der Waals surface area (Å²) in [5.41, 5.74) is -0.131. The normalized spacial score (nSPS) is 10.7. The van der Waals surface area contributed by atoms with E-state index in [9.17, 15) is 13.6 Å². The maximum Gasteiger partial charge on any atom is 0.301 e. The minimum Gasteiger partial charge on any atom is -0.403 e. The van der Waals surface area contributed by atoms with Gasteiger partial charge in [0.25, 0.3) is 5.82 Å². The summed E-state index contributed by atoms with van der Waals surface area (Å²) in [4.78, 5) is 21.6. The fourth-order valence-electron chi connectivity index (χ4n) is 1.85. The Hall–Kier alpha value is -2.27. The Kier molecular flexibility index (Phi) is 5.11. The minimum absolute atomic E-state index is 0.0475. The van der Waals surface area contributed by atoms with E-state index < -0.39 is 17.2 Å². The molecule has 0 atom stereocenters. The molecule has 8 heteroatoms. The van der Waals surface area contributed by atoms with Crippen LogP contribution >= 0.6 is 15.9 Å². The van der Waals surface area contributed by atoms with Gasteiger partial charge in [-0.15, -0.1) is 4.73 Å². The summed E-state index contributed by atoms with van der Waals surface area (Å²) < 4.78 is 27.3. The van der Waals surface area contributed by atoms with Crippen molar-refractivity contribution in [1.29, 1.82) is 5.26 Å². The lowest BCUT2D eigenvalue weighted by Crippen LogP contribution is -2.32. The molecule has 0 amide bonds. The summed E-state index contributed by atoms with van der Waals surface area (Å²) in [7, 11) is 0. The topological polar surface area (TPSA) is 67.9 Å². The van der Waals surface area contributed by atoms with E-state index in [0.29, 0.717) is 16.5 Å². The number of nitriles is 1. The number of halogens is 3. The summed E-state index contributed by atoms with van der Waals surface area (Å²) in [5.74, 6) is -1.84. The molecule has 1 aromatic heterocycles. The van der Waals surface area contributed by atoms with E-state index in [1.54, 1.807) is 6.07 Å². The molecule has 120 valence electrons. The lowest BCUT2D eigenvalue weighted by molar-refractivity contribution is 0.0815. The number of benzene rings is 1. The zero-order valence-electron chi connectivity index (χ0n) is 12.3. The van der Waals surface area contributed by atoms with Crippen LogP contribution in [0.5, 0.6) is 0 Å². The van der Waals surface area contributed by atoms with Crippen molar-refractivity contribution in [2.75, 3.05) is 0 Å². The summed E-state index contributed by atoms with van der Waals surface area (Å²) in [6.45, 7) is 3.30. The number of nitrogens with zero attached hydrogens (tertiary/aromatic N) is 3. The van der Waals surface area contributed by atoms with Gasteiger partial charge in [-0.1, -0.05) is 13.8 Å². The van der Waals surface area contributed by atoms with Gasteiger partial charge in [-0.2, -0.15) is 5.26 Å². The molecule has 1 heterocycles. The highest BCUT2D eigenvalue weighted by molar-refractivity contribution is 9.10. The van der Waals surface area contributed by atoms with Crippen molar-refractivity contribution in [2.24, 2.45) is 0 Å². The third-order valence-corrected chi connectivity index (χ3v) is 3.77. The number of rotatable bonds is 4. The summed E-state index contributed by atoms with van der Waals surface area (Å²) in [6, 6.07) is 4.76. The molecule has 0 saturated carbocycles. The second-order valence-corrected chi connectivity index (χ2v) is 5.80. The highest BCUT2D eigenvalue weighted by atomic mass is 79.9. The van der Waals surface area contributed by atoms with E-state index >= 15 is 0 Å². The number of aromatic nitrogens is 2. The first-order chi connectivity index (χ1) is 10.8. The molecule has 0 fully saturated rings. The lowest BCUT2D eigenvalue weighted by atomic mass is 10.1. The molecule has 1 aromatic carbocycles. The molecule has 0 saturated heterocycles. The molecule has 0 aliphatic rings. The highest BCUT2D eigenvalue weighted by Gasteiger charge is 2.18. The van der Waals surface area contributed by atoms with Crippen molar-refractivity contribution in [3.8, 4) is 6.07 Å². The fraction of sp³-hybridized carbons (Fsp3) is 0.267. The number of hydrogen-bond donors (Lipinski definition) is 0. The van der Waals surface area contributed by atoms with Crippen molar-refractivity contribution in [3.05, 3.63) is 61.7 Å². The van der Waals surface area contributed by atoms with Crippen molar-refractivity contribution in [2.45, 2.75) is 26.4 Å². The molecule has 0 radical (unpaired) electrons. The predicted molar refractivity (Wildman–Crippen MR) is 81.6 cm³/mol. The molecule has 0 N–H and O–H groups in total. The van der Waals surface area contributed by atoms with Gasteiger partial charge < -0.3 is 4.84 Å². The SMILES string of the molecule is CC(C)c1nc(C#N)n(OCc2ccc(F)cc2F)c(=O)c1Br. The van der Waals surface area contributed by atoms with Crippen LogP contribution in [0.2, 0.25) is 0 Å². The summed E-state index contributed by atoms with van der Waals surface area (Å²) in [5, 5.41) is 9.14. The quantitative estimate of drug-likeness (QED) is 0.813. The molecule has 2 aromatic rings. The molecular formula is C15H12BrF2N3O2. The van der Waals surface area contributed by atoms with Crippen LogP contribution in [-0.2, 0) is 6.61 Å². The lowest BCUT2D eigenvalue weighted by Gasteiger charge is -2.13. The fourth-order valence-corrected chi connectivity index (χ4v) is 2.56. The van der Waals surface area contributed by atoms with Gasteiger partial charge in [-0.3, -0.25) is 4.79 Å². The zero-order valence-corrected chi connectivity index (χ0v) is 13.9. The van der Waals surface area contributed by atoms with Crippen LogP contribution in [0.15, 0.2) is 27.5 Å². The molecular weight excluding hydrogens is 372 g/mol. The minimum atomic E-state index is -0.803. The predicted octanol–water partition coefficient (Wildman–Crippen LogP) is 2.91. The third kappa shape index (κ3) is 3.56. The number of hydrogen-bond acceptors (Lipinski definition) is 4. The standard InChI is InChI=1S/C15H12BrF2N3O2/c1-8(2)14-13(16)15(22)21(12(6-19)20-14)23-7-9-3-4-10(17)5-11(9)18/h3-5,8H,7H2,1-2H3. The van der Waals surface area contributed by atoms with Gasteiger partial charge in [-0.05, 0) is 34.0 Å². The smallest absolute Gasteiger partial charge is 0.301 e. The molecule has 0 bridgehead atoms. The Bertz CT molecular complexity index is 844. The molecule has 0 aliphatic heterocycles. The Labute approximate surface area is 139 Å². The Morgan fingerprint density at radius 3 is 2.70 bits per heavy atom. The van der Waals surface area contributed by atoms with Crippen LogP contribution in [0, 0.1) is 23.0 Å². The Balaban J connectivity index is 2.39. The van der Waals surface area contributed by atoms with E-state index in [2.05, 4.69) is 20.9 Å². The maximum atomic E-state index is 13.6. The van der Waals surface area contributed by atoms with E-state index in [1.807, 2.05) is 13.8 Å². The Morgan fingerprint density at radius 2 is 2.13 bits per heavy atom. The first kappa shape index (κ1) is 17.1. The van der Waals surface area contributed by atoms with Gasteiger partial charge in [-0.25, -0.2) is 13.8 Å². The van der Waals surface area contributed by atoms with E-state index in [-0.39, 0.29) is 28.4 Å². The second-order valence-electron chi connectivity index (χ2n) is 5.01. The van der Waals surface area contributed by atoms with Crippen molar-refractivity contribution in [1.82, 2.24) is 9.71 Å². The van der Waals surface area contributed by atoms with E-state index in [4.69, 9.17) is 10.1 Å². The van der Waals surface area contributed by atoms with Gasteiger partial charge in [0.1, 0.15) is 28.8 Å². The summed E-state index contributed by atoms with van der Waals surface area (Å²) in [6.07, 6.45) is 0. The largest absolute Gasteiger partial charge is 0.403 e. The van der Waals surface area contributed by atoms with Gasteiger partial charge >= 0.3 is 5.56 Å². The first-order valence-electron chi connectivity index (χ1n) is 6.65. The van der Waals surface area contributed by atoms with Gasteiger partial charge in [0.05, 0.1) is 5.69 Å². The van der Waals surface area contributed by atoms with Crippen molar-refractivity contribution in [3.63, 3.8) is 0 Å². The molecule has 23 heavy (non-hydrogen) atoms. The van der Waals surface area contributed by atoms with Crippen molar-refractivity contribution >= 4 is 15.9 Å². The van der Waals surface area contributed by atoms with Gasteiger partial charge in [0.15, 0.2) is 0 Å². The van der Waals surface area contributed by atoms with Crippen LogP contribution in [0.1, 0.15) is 36.8 Å². The van der Waals surface area contributed by atoms with Crippen LogP contribution in [0.25, 0.3) is 0 Å². The second kappa shape index (κ2) is 6.87. The van der Waals surface area contributed by atoms with Crippen molar-refractivity contribution < 1.29 is 13.6 Å².